The molecule has 3 nitrogen and oxygen atoms in total. The standard InChI is InChI=1S/C15H21N3/c1-17-8-10-18(11-9-17)15(12-2-3-12)13-4-6-14(16)7-5-13/h4-7H,2-3,8-11,16H2,1H3. The first-order valence-corrected chi connectivity index (χ1v) is 6.75. The van der Waals surface area contributed by atoms with Gasteiger partial charge in [-0.1, -0.05) is 12.1 Å². The number of nitrogen functional groups attached to an aromatic ring is 1. The highest BCUT2D eigenvalue weighted by Gasteiger charge is 2.25. The Morgan fingerprint density at radius 1 is 1.00 bits per heavy atom. The summed E-state index contributed by atoms with van der Waals surface area (Å²) in [5, 5.41) is 0. The van der Waals surface area contributed by atoms with Crippen LogP contribution in [0.15, 0.2) is 29.8 Å². The molecule has 1 aliphatic carbocycles. The van der Waals surface area contributed by atoms with Gasteiger partial charge in [0.1, 0.15) is 0 Å². The van der Waals surface area contributed by atoms with E-state index in [0.29, 0.717) is 0 Å². The second-order valence-corrected chi connectivity index (χ2v) is 5.36. The largest absolute Gasteiger partial charge is 0.399 e. The minimum absolute atomic E-state index is 0.845. The van der Waals surface area contributed by atoms with E-state index in [1.807, 2.05) is 12.1 Å². The van der Waals surface area contributed by atoms with Crippen LogP contribution in [0.3, 0.4) is 0 Å². The Bertz CT molecular complexity index is 447. The van der Waals surface area contributed by atoms with Gasteiger partial charge in [-0.2, -0.15) is 0 Å². The Morgan fingerprint density at radius 3 is 2.17 bits per heavy atom. The summed E-state index contributed by atoms with van der Waals surface area (Å²) in [4.78, 5) is 4.95. The van der Waals surface area contributed by atoms with Crippen molar-refractivity contribution in [1.29, 1.82) is 0 Å². The highest BCUT2D eigenvalue weighted by molar-refractivity contribution is 5.71. The van der Waals surface area contributed by atoms with Gasteiger partial charge in [-0.25, -0.2) is 0 Å². The smallest absolute Gasteiger partial charge is 0.0432 e. The molecular formula is C15H21N3. The normalized spacial score (nSPS) is 20.1. The van der Waals surface area contributed by atoms with Crippen molar-refractivity contribution >= 4 is 11.4 Å². The van der Waals surface area contributed by atoms with E-state index >= 15 is 0 Å². The lowest BCUT2D eigenvalue weighted by molar-refractivity contribution is 0.207. The zero-order chi connectivity index (χ0) is 12.5. The van der Waals surface area contributed by atoms with Crippen molar-refractivity contribution in [3.8, 4) is 0 Å². The van der Waals surface area contributed by atoms with Crippen molar-refractivity contribution < 1.29 is 0 Å². The molecule has 0 atom stereocenters. The molecule has 2 aliphatic rings. The van der Waals surface area contributed by atoms with Gasteiger partial charge in [0.2, 0.25) is 0 Å². The lowest BCUT2D eigenvalue weighted by Crippen LogP contribution is -2.43. The first kappa shape index (κ1) is 11.6. The molecule has 0 spiro atoms. The Hall–Kier alpha value is -1.48. The van der Waals surface area contributed by atoms with Gasteiger partial charge in [0.25, 0.3) is 0 Å². The van der Waals surface area contributed by atoms with Gasteiger partial charge in [-0.05, 0) is 43.2 Å². The van der Waals surface area contributed by atoms with Gasteiger partial charge in [0, 0.05) is 37.6 Å². The van der Waals surface area contributed by atoms with E-state index in [1.165, 1.54) is 24.1 Å². The first-order chi connectivity index (χ1) is 8.74. The molecule has 96 valence electrons. The fraction of sp³-hybridized carbons (Fsp3) is 0.467. The zero-order valence-corrected chi connectivity index (χ0v) is 11.0. The molecule has 1 aromatic rings. The van der Waals surface area contributed by atoms with E-state index in [2.05, 4.69) is 29.0 Å². The van der Waals surface area contributed by atoms with Crippen LogP contribution in [0.2, 0.25) is 0 Å². The van der Waals surface area contributed by atoms with Crippen molar-refractivity contribution in [2.75, 3.05) is 39.0 Å². The third-order valence-electron chi connectivity index (χ3n) is 3.84. The van der Waals surface area contributed by atoms with Crippen molar-refractivity contribution in [2.24, 2.45) is 0 Å². The molecule has 0 radical (unpaired) electrons. The van der Waals surface area contributed by atoms with E-state index in [9.17, 15) is 0 Å². The molecule has 0 aromatic heterocycles. The third-order valence-corrected chi connectivity index (χ3v) is 3.84. The summed E-state index contributed by atoms with van der Waals surface area (Å²) in [6, 6.07) is 8.34. The molecule has 2 fully saturated rings. The van der Waals surface area contributed by atoms with Gasteiger partial charge >= 0.3 is 0 Å². The summed E-state index contributed by atoms with van der Waals surface area (Å²) in [5.74, 6) is 0. The number of piperazine rings is 1. The number of nitrogens with two attached hydrogens (primary N) is 1. The van der Waals surface area contributed by atoms with Crippen LogP contribution in [0.4, 0.5) is 5.69 Å². The molecular weight excluding hydrogens is 222 g/mol. The molecule has 18 heavy (non-hydrogen) atoms. The SMILES string of the molecule is CN1CCN(C(=C2CC2)c2ccc(N)cc2)CC1. The molecule has 3 rings (SSSR count). The molecule has 1 heterocycles. The Morgan fingerprint density at radius 2 is 1.61 bits per heavy atom. The highest BCUT2D eigenvalue weighted by Crippen LogP contribution is 2.38. The summed E-state index contributed by atoms with van der Waals surface area (Å²) in [5.41, 5.74) is 11.0. The molecule has 2 N–H and O–H groups in total. The van der Waals surface area contributed by atoms with Gasteiger partial charge in [0.15, 0.2) is 0 Å². The molecule has 1 aliphatic heterocycles. The third kappa shape index (κ3) is 2.36. The van der Waals surface area contributed by atoms with Crippen LogP contribution in [-0.2, 0) is 0 Å². The number of likely N-dealkylation sites (N-methyl/N-ethyl adjacent to an activating group) is 1. The van der Waals surface area contributed by atoms with E-state index in [-0.39, 0.29) is 0 Å². The Balaban J connectivity index is 1.86. The molecule has 0 unspecified atom stereocenters. The number of hydrogen-bond donors (Lipinski definition) is 1. The van der Waals surface area contributed by atoms with Crippen LogP contribution in [0.1, 0.15) is 18.4 Å². The summed E-state index contributed by atoms with van der Waals surface area (Å²) in [6.45, 7) is 4.59. The second-order valence-electron chi connectivity index (χ2n) is 5.36. The Labute approximate surface area is 109 Å². The molecule has 3 heteroatoms. The van der Waals surface area contributed by atoms with Crippen LogP contribution in [0, 0.1) is 0 Å². The van der Waals surface area contributed by atoms with Crippen molar-refractivity contribution in [3.05, 3.63) is 35.4 Å². The predicted molar refractivity (Wildman–Crippen MR) is 76.1 cm³/mol. The van der Waals surface area contributed by atoms with Crippen molar-refractivity contribution in [3.63, 3.8) is 0 Å². The number of nitrogens with zero attached hydrogens (tertiary/aromatic N) is 2. The average Bonchev–Trinajstić information content (AvgIpc) is 3.19. The lowest BCUT2D eigenvalue weighted by Gasteiger charge is -2.36. The van der Waals surface area contributed by atoms with E-state index in [4.69, 9.17) is 5.73 Å². The summed E-state index contributed by atoms with van der Waals surface area (Å²) in [7, 11) is 2.20. The van der Waals surface area contributed by atoms with Crippen molar-refractivity contribution in [1.82, 2.24) is 9.80 Å². The maximum atomic E-state index is 5.78. The van der Waals surface area contributed by atoms with Crippen LogP contribution in [0.25, 0.3) is 5.70 Å². The number of allylic oxidation sites excluding steroid dienone is 1. The van der Waals surface area contributed by atoms with Gasteiger partial charge in [-0.15, -0.1) is 0 Å². The van der Waals surface area contributed by atoms with E-state index in [0.717, 1.165) is 31.9 Å². The highest BCUT2D eigenvalue weighted by atomic mass is 15.3. The monoisotopic (exact) mass is 243 g/mol. The van der Waals surface area contributed by atoms with Crippen LogP contribution < -0.4 is 5.73 Å². The number of benzene rings is 1. The minimum atomic E-state index is 0.845. The minimum Gasteiger partial charge on any atom is -0.399 e. The maximum absolute atomic E-state index is 5.78. The molecule has 1 saturated heterocycles. The molecule has 1 saturated carbocycles. The summed E-state index contributed by atoms with van der Waals surface area (Å²) in [6.07, 6.45) is 2.54. The molecule has 0 amide bonds. The van der Waals surface area contributed by atoms with Gasteiger partial charge in [-0.3, -0.25) is 0 Å². The van der Waals surface area contributed by atoms with Crippen LogP contribution >= 0.6 is 0 Å². The summed E-state index contributed by atoms with van der Waals surface area (Å²) >= 11 is 0. The zero-order valence-electron chi connectivity index (χ0n) is 11.0. The molecule has 0 bridgehead atoms. The Kier molecular flexibility index (Phi) is 3.00. The van der Waals surface area contributed by atoms with E-state index < -0.39 is 0 Å². The quantitative estimate of drug-likeness (QED) is 0.807. The fourth-order valence-corrected chi connectivity index (χ4v) is 2.58. The van der Waals surface area contributed by atoms with E-state index in [1.54, 1.807) is 5.57 Å². The van der Waals surface area contributed by atoms with Crippen LogP contribution in [-0.4, -0.2) is 43.0 Å². The fourth-order valence-electron chi connectivity index (χ4n) is 2.58. The van der Waals surface area contributed by atoms with Gasteiger partial charge in [0.05, 0.1) is 0 Å². The predicted octanol–water partition coefficient (Wildman–Crippen LogP) is 2.02. The number of hydrogen-bond acceptors (Lipinski definition) is 3. The molecule has 1 aromatic carbocycles. The maximum Gasteiger partial charge on any atom is 0.0432 e. The summed E-state index contributed by atoms with van der Waals surface area (Å²) < 4.78 is 0. The van der Waals surface area contributed by atoms with Crippen LogP contribution in [0.5, 0.6) is 0 Å². The lowest BCUT2D eigenvalue weighted by atomic mass is 10.1. The number of rotatable bonds is 2. The topological polar surface area (TPSA) is 32.5 Å². The average molecular weight is 243 g/mol. The first-order valence-electron chi connectivity index (χ1n) is 6.75. The van der Waals surface area contributed by atoms with Crippen molar-refractivity contribution in [2.45, 2.75) is 12.8 Å². The number of anilines is 1. The van der Waals surface area contributed by atoms with Gasteiger partial charge < -0.3 is 15.5 Å². The second kappa shape index (κ2) is 4.65.